The molecule has 1 atom stereocenters. The van der Waals surface area contributed by atoms with Gasteiger partial charge in [0, 0.05) is 35.3 Å². The van der Waals surface area contributed by atoms with Crippen molar-refractivity contribution in [3.05, 3.63) is 65.2 Å². The summed E-state index contributed by atoms with van der Waals surface area (Å²) in [5, 5.41) is 3.40. The highest BCUT2D eigenvalue weighted by atomic mass is 19.1. The van der Waals surface area contributed by atoms with Gasteiger partial charge < -0.3 is 5.32 Å². The van der Waals surface area contributed by atoms with Crippen LogP contribution < -0.4 is 5.32 Å². The van der Waals surface area contributed by atoms with Crippen molar-refractivity contribution in [2.75, 3.05) is 6.54 Å². The molecule has 1 fully saturated rings. The number of benzene rings is 1. The van der Waals surface area contributed by atoms with Gasteiger partial charge in [-0.1, -0.05) is 30.0 Å². The lowest BCUT2D eigenvalue weighted by molar-refractivity contribution is 0.453. The second kappa shape index (κ2) is 5.90. The zero-order chi connectivity index (χ0) is 15.6. The summed E-state index contributed by atoms with van der Waals surface area (Å²) in [6.07, 6.45) is 2.56. The van der Waals surface area contributed by atoms with Crippen LogP contribution in [0.2, 0.25) is 0 Å². The van der Waals surface area contributed by atoms with Crippen LogP contribution in [0.15, 0.2) is 42.6 Å². The number of hydrogen-bond acceptors (Lipinski definition) is 2. The molecule has 2 nitrogen and oxygen atoms in total. The Kier molecular flexibility index (Phi) is 3.96. The van der Waals surface area contributed by atoms with Crippen molar-refractivity contribution in [1.29, 1.82) is 0 Å². The Morgan fingerprint density at radius 1 is 1.18 bits per heavy atom. The molecule has 1 N–H and O–H groups in total. The summed E-state index contributed by atoms with van der Waals surface area (Å²) in [5.41, 5.74) is 2.11. The van der Waals surface area contributed by atoms with E-state index in [1.165, 1.54) is 6.07 Å². The van der Waals surface area contributed by atoms with E-state index >= 15 is 0 Å². The molecule has 2 aromatic rings. The minimum Gasteiger partial charge on any atom is -0.311 e. The third-order valence-electron chi connectivity index (χ3n) is 3.97. The molecule has 0 amide bonds. The van der Waals surface area contributed by atoms with E-state index in [1.807, 2.05) is 30.3 Å². The Balaban J connectivity index is 1.80. The van der Waals surface area contributed by atoms with Gasteiger partial charge in [-0.3, -0.25) is 4.98 Å². The van der Waals surface area contributed by atoms with Crippen LogP contribution in [0.4, 0.5) is 4.39 Å². The van der Waals surface area contributed by atoms with Crippen molar-refractivity contribution < 1.29 is 4.39 Å². The van der Waals surface area contributed by atoms with E-state index in [1.54, 1.807) is 6.20 Å². The zero-order valence-electron chi connectivity index (χ0n) is 12.9. The van der Waals surface area contributed by atoms with Gasteiger partial charge in [0.2, 0.25) is 0 Å². The summed E-state index contributed by atoms with van der Waals surface area (Å²) >= 11 is 0. The average Bonchev–Trinajstić information content (AvgIpc) is 2.86. The Hall–Kier alpha value is -2.18. The predicted octanol–water partition coefficient (Wildman–Crippen LogP) is 3.48. The first-order valence-corrected chi connectivity index (χ1v) is 7.51. The fourth-order valence-electron chi connectivity index (χ4n) is 2.84. The summed E-state index contributed by atoms with van der Waals surface area (Å²) < 4.78 is 14.3. The van der Waals surface area contributed by atoms with Gasteiger partial charge in [-0.25, -0.2) is 4.39 Å². The predicted molar refractivity (Wildman–Crippen MR) is 86.1 cm³/mol. The number of pyridine rings is 1. The number of aromatic nitrogens is 1. The largest absolute Gasteiger partial charge is 0.311 e. The number of hydrogen-bond donors (Lipinski definition) is 1. The van der Waals surface area contributed by atoms with Crippen LogP contribution in [0.5, 0.6) is 0 Å². The maximum absolute atomic E-state index is 14.3. The minimum atomic E-state index is -0.260. The van der Waals surface area contributed by atoms with Crippen molar-refractivity contribution in [2.24, 2.45) is 0 Å². The summed E-state index contributed by atoms with van der Waals surface area (Å²) in [6.45, 7) is 5.03. The Morgan fingerprint density at radius 3 is 2.55 bits per heavy atom. The maximum atomic E-state index is 14.3. The Labute approximate surface area is 130 Å². The lowest BCUT2D eigenvalue weighted by Crippen LogP contribution is -2.31. The molecule has 22 heavy (non-hydrogen) atoms. The first-order valence-electron chi connectivity index (χ1n) is 7.51. The smallest absolute Gasteiger partial charge is 0.146 e. The van der Waals surface area contributed by atoms with Crippen LogP contribution in [0, 0.1) is 17.7 Å². The normalized spacial score (nSPS) is 19.5. The number of nitrogens with zero attached hydrogens (tertiary/aromatic N) is 1. The van der Waals surface area contributed by atoms with Crippen molar-refractivity contribution in [3.8, 4) is 11.8 Å². The van der Waals surface area contributed by atoms with Gasteiger partial charge in [0.15, 0.2) is 0 Å². The van der Waals surface area contributed by atoms with Gasteiger partial charge in [-0.05, 0) is 38.5 Å². The molecule has 1 unspecified atom stereocenters. The summed E-state index contributed by atoms with van der Waals surface area (Å²) in [5.74, 6) is 5.86. The molecule has 1 aromatic heterocycles. The van der Waals surface area contributed by atoms with Crippen LogP contribution in [0.1, 0.15) is 43.0 Å². The van der Waals surface area contributed by atoms with Gasteiger partial charge in [0.25, 0.3) is 0 Å². The van der Waals surface area contributed by atoms with Gasteiger partial charge in [-0.15, -0.1) is 0 Å². The molecule has 2 heterocycles. The SMILES string of the molecule is CC1(C)CC(c2ncc(C#Cc3ccccc3)cc2F)CN1. The summed E-state index contributed by atoms with van der Waals surface area (Å²) in [7, 11) is 0. The average molecular weight is 294 g/mol. The lowest BCUT2D eigenvalue weighted by Gasteiger charge is -2.17. The fraction of sp³-hybridized carbons (Fsp3) is 0.316. The van der Waals surface area contributed by atoms with Gasteiger partial charge in [0.05, 0.1) is 5.69 Å². The quantitative estimate of drug-likeness (QED) is 0.815. The van der Waals surface area contributed by atoms with Crippen molar-refractivity contribution in [2.45, 2.75) is 31.7 Å². The highest BCUT2D eigenvalue weighted by Gasteiger charge is 2.33. The molecule has 0 saturated carbocycles. The monoisotopic (exact) mass is 294 g/mol. The van der Waals surface area contributed by atoms with Crippen molar-refractivity contribution >= 4 is 0 Å². The second-order valence-corrected chi connectivity index (χ2v) is 6.37. The number of halogens is 1. The van der Waals surface area contributed by atoms with Crippen LogP contribution in [0.25, 0.3) is 0 Å². The molecule has 1 aromatic carbocycles. The molecule has 0 aliphatic carbocycles. The van der Waals surface area contributed by atoms with Crippen molar-refractivity contribution in [1.82, 2.24) is 10.3 Å². The molecular weight excluding hydrogens is 275 g/mol. The highest BCUT2D eigenvalue weighted by molar-refractivity contribution is 5.42. The zero-order valence-corrected chi connectivity index (χ0v) is 12.9. The molecule has 1 saturated heterocycles. The third kappa shape index (κ3) is 3.35. The molecule has 0 spiro atoms. The standard InChI is InChI=1S/C19H19FN2/c1-19(2)11-16(13-22-19)18-17(20)10-15(12-21-18)9-8-14-6-4-3-5-7-14/h3-7,10,12,16,22H,11,13H2,1-2H3. The topological polar surface area (TPSA) is 24.9 Å². The summed E-state index contributed by atoms with van der Waals surface area (Å²) in [6, 6.07) is 11.2. The van der Waals surface area contributed by atoms with E-state index in [2.05, 4.69) is 36.0 Å². The van der Waals surface area contributed by atoms with E-state index in [-0.39, 0.29) is 17.3 Å². The van der Waals surface area contributed by atoms with Crippen molar-refractivity contribution in [3.63, 3.8) is 0 Å². The lowest BCUT2D eigenvalue weighted by atomic mass is 9.94. The van der Waals surface area contributed by atoms with Gasteiger partial charge >= 0.3 is 0 Å². The maximum Gasteiger partial charge on any atom is 0.146 e. The first kappa shape index (κ1) is 14.7. The molecule has 3 rings (SSSR count). The third-order valence-corrected chi connectivity index (χ3v) is 3.97. The molecule has 0 radical (unpaired) electrons. The number of nitrogens with one attached hydrogen (secondary N) is 1. The molecule has 3 heteroatoms. The molecule has 1 aliphatic rings. The number of rotatable bonds is 1. The minimum absolute atomic E-state index is 0.0462. The fourth-order valence-corrected chi connectivity index (χ4v) is 2.84. The first-order chi connectivity index (χ1) is 10.5. The van der Waals surface area contributed by atoms with E-state index < -0.39 is 0 Å². The van der Waals surface area contributed by atoms with E-state index in [9.17, 15) is 4.39 Å². The summed E-state index contributed by atoms with van der Waals surface area (Å²) in [4.78, 5) is 4.32. The molecule has 0 bridgehead atoms. The van der Waals surface area contributed by atoms with E-state index in [4.69, 9.17) is 0 Å². The highest BCUT2D eigenvalue weighted by Crippen LogP contribution is 2.31. The van der Waals surface area contributed by atoms with Crippen LogP contribution in [-0.4, -0.2) is 17.1 Å². The van der Waals surface area contributed by atoms with Gasteiger partial charge in [-0.2, -0.15) is 0 Å². The molecule has 112 valence electrons. The van der Waals surface area contributed by atoms with Crippen LogP contribution in [-0.2, 0) is 0 Å². The Bertz CT molecular complexity index is 726. The molecule has 1 aliphatic heterocycles. The van der Waals surface area contributed by atoms with Crippen LogP contribution >= 0.6 is 0 Å². The van der Waals surface area contributed by atoms with E-state index in [0.29, 0.717) is 11.3 Å². The van der Waals surface area contributed by atoms with Gasteiger partial charge in [0.1, 0.15) is 5.82 Å². The van der Waals surface area contributed by atoms with Crippen LogP contribution in [0.3, 0.4) is 0 Å². The second-order valence-electron chi connectivity index (χ2n) is 6.37. The van der Waals surface area contributed by atoms with E-state index in [0.717, 1.165) is 18.5 Å². The molecular formula is C19H19FN2. The Morgan fingerprint density at radius 2 is 1.91 bits per heavy atom.